The molecule has 0 heterocycles. The highest BCUT2D eigenvalue weighted by Crippen LogP contribution is 2.11. The van der Waals surface area contributed by atoms with Crippen LogP contribution in [-0.2, 0) is 0 Å². The minimum absolute atomic E-state index is 0.265. The number of allylic oxidation sites excluding steroid dienone is 1. The van der Waals surface area contributed by atoms with Crippen LogP contribution in [0.25, 0.3) is 6.08 Å². The van der Waals surface area contributed by atoms with Crippen molar-refractivity contribution in [1.29, 1.82) is 0 Å². The maximum Gasteiger partial charge on any atom is 0.347 e. The first-order valence-electron chi connectivity index (χ1n) is 5.31. The third-order valence-corrected chi connectivity index (χ3v) is 2.90. The zero-order valence-electron chi connectivity index (χ0n) is 9.18. The number of hydrogen-bond acceptors (Lipinski definition) is 0. The molecule has 2 aromatic rings. The summed E-state index contributed by atoms with van der Waals surface area (Å²) in [4.78, 5) is 9.89. The highest BCUT2D eigenvalue weighted by molar-refractivity contribution is 9.10. The van der Waals surface area contributed by atoms with Gasteiger partial charge in [-0.1, -0.05) is 46.3 Å². The van der Waals surface area contributed by atoms with Crippen LogP contribution in [0.1, 0.15) is 11.1 Å². The molecule has 0 amide bonds. The van der Waals surface area contributed by atoms with E-state index in [-0.39, 0.29) is 5.78 Å². The highest BCUT2D eigenvalue weighted by Gasteiger charge is 2.07. The Balaban J connectivity index is 2.12. The Hall–Kier alpha value is -1.67. The summed E-state index contributed by atoms with van der Waals surface area (Å²) in [5.41, 5.74) is 1.87. The van der Waals surface area contributed by atoms with Crippen LogP contribution in [-0.4, -0.2) is 10.6 Å². The fourth-order valence-electron chi connectivity index (χ4n) is 1.46. The maximum atomic E-state index is 9.89. The molecule has 0 spiro atoms. The third kappa shape index (κ3) is 3.40. The van der Waals surface area contributed by atoms with Crippen molar-refractivity contribution in [1.82, 2.24) is 0 Å². The number of carbonyl (C=O) groups excluding carboxylic acids is 1. The second-order valence-electron chi connectivity index (χ2n) is 3.64. The molecule has 17 heavy (non-hydrogen) atoms. The molecule has 1 N–H and O–H groups in total. The molecule has 0 aliphatic carbocycles. The molecule has 0 fully saturated rings. The van der Waals surface area contributed by atoms with E-state index in [0.717, 1.165) is 15.6 Å². The number of rotatable bonds is 3. The smallest absolute Gasteiger partial charge is 0.273 e. The van der Waals surface area contributed by atoms with Crippen molar-refractivity contribution in [2.75, 3.05) is 0 Å². The predicted octanol–water partition coefficient (Wildman–Crippen LogP) is 4.06. The largest absolute Gasteiger partial charge is 0.347 e. The standard InChI is InChI=1S/C15H11BrO/c16-14-9-7-13(8-10-14)15(17)11-6-12-4-2-1-3-5-12/h1-11H/p+1/b11-6+. The minimum Gasteiger partial charge on any atom is -0.273 e. The van der Waals surface area contributed by atoms with Gasteiger partial charge in [0.25, 0.3) is 0 Å². The highest BCUT2D eigenvalue weighted by atomic mass is 79.9. The van der Waals surface area contributed by atoms with Crippen LogP contribution in [0.3, 0.4) is 0 Å². The normalized spacial score (nSPS) is 10.6. The van der Waals surface area contributed by atoms with Crippen molar-refractivity contribution in [2.45, 2.75) is 0 Å². The summed E-state index contributed by atoms with van der Waals surface area (Å²) in [5, 5.41) is 0. The second kappa shape index (κ2) is 5.60. The quantitative estimate of drug-likeness (QED) is 0.461. The molecule has 0 saturated carbocycles. The van der Waals surface area contributed by atoms with Crippen LogP contribution < -0.4 is 0 Å². The van der Waals surface area contributed by atoms with E-state index < -0.39 is 0 Å². The van der Waals surface area contributed by atoms with Crippen molar-refractivity contribution in [3.63, 3.8) is 0 Å². The average molecular weight is 288 g/mol. The molecular weight excluding hydrogens is 276 g/mol. The first-order chi connectivity index (χ1) is 8.25. The van der Waals surface area contributed by atoms with Crippen LogP contribution >= 0.6 is 15.9 Å². The van der Waals surface area contributed by atoms with E-state index in [4.69, 9.17) is 0 Å². The molecule has 2 aromatic carbocycles. The lowest BCUT2D eigenvalue weighted by atomic mass is 10.1. The van der Waals surface area contributed by atoms with Crippen molar-refractivity contribution in [3.8, 4) is 0 Å². The molecule has 0 radical (unpaired) electrons. The summed E-state index contributed by atoms with van der Waals surface area (Å²) in [6.07, 6.45) is 3.59. The molecule has 2 rings (SSSR count). The van der Waals surface area contributed by atoms with Gasteiger partial charge in [-0.05, 0) is 35.9 Å². The van der Waals surface area contributed by atoms with E-state index in [9.17, 15) is 4.79 Å². The summed E-state index contributed by atoms with van der Waals surface area (Å²) >= 11 is 3.36. The zero-order valence-corrected chi connectivity index (χ0v) is 10.8. The Morgan fingerprint density at radius 1 is 0.941 bits per heavy atom. The van der Waals surface area contributed by atoms with Gasteiger partial charge in [-0.15, -0.1) is 0 Å². The van der Waals surface area contributed by atoms with Crippen molar-refractivity contribution in [2.24, 2.45) is 0 Å². The van der Waals surface area contributed by atoms with Gasteiger partial charge in [0.2, 0.25) is 0 Å². The number of ketones is 1. The lowest BCUT2D eigenvalue weighted by Crippen LogP contribution is -1.95. The summed E-state index contributed by atoms with van der Waals surface area (Å²) in [5.74, 6) is 0.265. The summed E-state index contributed by atoms with van der Waals surface area (Å²) in [6, 6.07) is 17.4. The van der Waals surface area contributed by atoms with E-state index in [1.54, 1.807) is 6.08 Å². The molecule has 1 nitrogen and oxygen atoms in total. The van der Waals surface area contributed by atoms with E-state index >= 15 is 0 Å². The molecule has 0 atom stereocenters. The summed E-state index contributed by atoms with van der Waals surface area (Å²) in [6.45, 7) is 0. The molecule has 0 bridgehead atoms. The maximum absolute atomic E-state index is 9.89. The Morgan fingerprint density at radius 2 is 1.59 bits per heavy atom. The average Bonchev–Trinajstić information content (AvgIpc) is 2.38. The van der Waals surface area contributed by atoms with Crippen molar-refractivity contribution in [3.05, 3.63) is 76.3 Å². The Bertz CT molecular complexity index is 527. The fourth-order valence-corrected chi connectivity index (χ4v) is 1.72. The molecule has 0 aliphatic rings. The van der Waals surface area contributed by atoms with Crippen LogP contribution in [0.15, 0.2) is 65.1 Å². The molecule has 0 aromatic heterocycles. The van der Waals surface area contributed by atoms with Crippen LogP contribution in [0.4, 0.5) is 0 Å². The minimum atomic E-state index is 0.265. The fraction of sp³-hybridized carbons (Fsp3) is 0. The molecular formula is C15H12BrO+. The zero-order chi connectivity index (χ0) is 12.1. The van der Waals surface area contributed by atoms with Crippen LogP contribution in [0.2, 0.25) is 0 Å². The molecule has 84 valence electrons. The first-order valence-corrected chi connectivity index (χ1v) is 6.10. The lowest BCUT2D eigenvalue weighted by molar-refractivity contribution is 0.682. The number of halogens is 1. The Kier molecular flexibility index (Phi) is 3.89. The molecule has 0 unspecified atom stereocenters. The summed E-state index contributed by atoms with van der Waals surface area (Å²) in [7, 11) is 0. The number of hydrogen-bond donors (Lipinski definition) is 0. The molecule has 0 aliphatic heterocycles. The second-order valence-corrected chi connectivity index (χ2v) is 4.55. The van der Waals surface area contributed by atoms with Gasteiger partial charge >= 0.3 is 5.78 Å². The van der Waals surface area contributed by atoms with Gasteiger partial charge in [0.05, 0.1) is 5.56 Å². The van der Waals surface area contributed by atoms with Crippen molar-refractivity contribution < 1.29 is 4.79 Å². The van der Waals surface area contributed by atoms with Gasteiger partial charge in [0.15, 0.2) is 0 Å². The van der Waals surface area contributed by atoms with Gasteiger partial charge in [-0.3, -0.25) is 4.79 Å². The Morgan fingerprint density at radius 3 is 2.24 bits per heavy atom. The molecule has 0 saturated heterocycles. The first kappa shape index (κ1) is 11.8. The van der Waals surface area contributed by atoms with E-state index in [1.165, 1.54) is 0 Å². The van der Waals surface area contributed by atoms with Gasteiger partial charge in [-0.25, -0.2) is 0 Å². The SMILES string of the molecule is [OH+]=C(/C=C/c1ccccc1)c1ccc(Br)cc1. The van der Waals surface area contributed by atoms with Gasteiger partial charge in [0, 0.05) is 10.5 Å². The van der Waals surface area contributed by atoms with Crippen LogP contribution in [0, 0.1) is 0 Å². The monoisotopic (exact) mass is 287 g/mol. The lowest BCUT2D eigenvalue weighted by Gasteiger charge is -1.92. The van der Waals surface area contributed by atoms with Gasteiger partial charge in [0.1, 0.15) is 0 Å². The van der Waals surface area contributed by atoms with E-state index in [1.807, 2.05) is 60.7 Å². The van der Waals surface area contributed by atoms with Gasteiger partial charge in [-0.2, -0.15) is 0 Å². The van der Waals surface area contributed by atoms with Gasteiger partial charge < -0.3 is 0 Å². The third-order valence-electron chi connectivity index (χ3n) is 2.37. The molecule has 2 heteroatoms. The van der Waals surface area contributed by atoms with Crippen molar-refractivity contribution >= 4 is 27.8 Å². The Labute approximate surface area is 109 Å². The van der Waals surface area contributed by atoms with E-state index in [2.05, 4.69) is 15.9 Å². The van der Waals surface area contributed by atoms with E-state index in [0.29, 0.717) is 0 Å². The summed E-state index contributed by atoms with van der Waals surface area (Å²) < 4.78 is 1.00. The number of benzene rings is 2. The van der Waals surface area contributed by atoms with Crippen LogP contribution in [0.5, 0.6) is 0 Å². The topological polar surface area (TPSA) is 21.4 Å². The predicted molar refractivity (Wildman–Crippen MR) is 75.7 cm³/mol.